The van der Waals surface area contributed by atoms with E-state index < -0.39 is 10.0 Å². The lowest BCUT2D eigenvalue weighted by Crippen LogP contribution is -2.38. The fraction of sp³-hybridized carbons (Fsp3) is 0.524. The highest BCUT2D eigenvalue weighted by Crippen LogP contribution is 2.23. The average molecular weight is 448 g/mol. The van der Waals surface area contributed by atoms with E-state index in [0.717, 1.165) is 43.7 Å². The summed E-state index contributed by atoms with van der Waals surface area (Å²) in [6.07, 6.45) is 6.05. The van der Waals surface area contributed by atoms with E-state index in [1.807, 2.05) is 12.1 Å². The molecule has 0 bridgehead atoms. The Balaban J connectivity index is 1.47. The maximum Gasteiger partial charge on any atom is 0.268 e. The Kier molecular flexibility index (Phi) is 6.59. The normalized spacial score (nSPS) is 18.2. The maximum absolute atomic E-state index is 12.9. The number of hydrogen-bond donors (Lipinski definition) is 1. The first-order valence-electron chi connectivity index (χ1n) is 10.7. The number of pyridine rings is 1. The van der Waals surface area contributed by atoms with Crippen LogP contribution < -0.4 is 10.2 Å². The lowest BCUT2D eigenvalue weighted by atomic mass is 10.2. The van der Waals surface area contributed by atoms with Crippen LogP contribution in [0.4, 0.5) is 5.82 Å². The van der Waals surface area contributed by atoms with Crippen LogP contribution in [0.1, 0.15) is 35.3 Å². The van der Waals surface area contributed by atoms with E-state index in [0.29, 0.717) is 38.5 Å². The summed E-state index contributed by atoms with van der Waals surface area (Å²) in [4.78, 5) is 19.7. The van der Waals surface area contributed by atoms with Gasteiger partial charge in [0.05, 0.1) is 13.2 Å². The monoisotopic (exact) mass is 447 g/mol. The van der Waals surface area contributed by atoms with E-state index in [-0.39, 0.29) is 10.8 Å². The number of morpholine rings is 1. The van der Waals surface area contributed by atoms with Gasteiger partial charge in [0.2, 0.25) is 10.0 Å². The van der Waals surface area contributed by atoms with Crippen LogP contribution in [0.5, 0.6) is 0 Å². The number of piperidine rings is 1. The zero-order valence-electron chi connectivity index (χ0n) is 17.8. The van der Waals surface area contributed by atoms with Gasteiger partial charge >= 0.3 is 0 Å². The molecule has 1 N–H and O–H groups in total. The Morgan fingerprint density at radius 2 is 1.90 bits per heavy atom. The van der Waals surface area contributed by atoms with Crippen molar-refractivity contribution >= 4 is 21.7 Å². The van der Waals surface area contributed by atoms with Gasteiger partial charge in [-0.2, -0.15) is 4.31 Å². The summed E-state index contributed by atoms with van der Waals surface area (Å²) in [5, 5.41) is 2.91. The van der Waals surface area contributed by atoms with Gasteiger partial charge in [0.25, 0.3) is 5.91 Å². The molecule has 0 aliphatic carbocycles. The highest BCUT2D eigenvalue weighted by molar-refractivity contribution is 7.89. The minimum Gasteiger partial charge on any atom is -0.378 e. The maximum atomic E-state index is 12.9. The number of aromatic nitrogens is 2. The van der Waals surface area contributed by atoms with Crippen LogP contribution in [0.3, 0.4) is 0 Å². The molecule has 2 aliphatic heterocycles. The van der Waals surface area contributed by atoms with E-state index >= 15 is 0 Å². The van der Waals surface area contributed by atoms with Gasteiger partial charge in [0.1, 0.15) is 16.4 Å². The minimum atomic E-state index is -3.58. The smallest absolute Gasteiger partial charge is 0.268 e. The zero-order chi connectivity index (χ0) is 21.8. The van der Waals surface area contributed by atoms with Crippen molar-refractivity contribution in [3.05, 3.63) is 41.9 Å². The quantitative estimate of drug-likeness (QED) is 0.718. The number of nitrogens with zero attached hydrogens (tertiary/aromatic N) is 4. The third kappa shape index (κ3) is 4.76. The van der Waals surface area contributed by atoms with Crippen molar-refractivity contribution in [2.75, 3.05) is 44.3 Å². The minimum absolute atomic E-state index is 0.164. The van der Waals surface area contributed by atoms with Crippen LogP contribution in [0.25, 0.3) is 0 Å². The first-order valence-corrected chi connectivity index (χ1v) is 12.1. The number of rotatable bonds is 6. The summed E-state index contributed by atoms with van der Waals surface area (Å²) in [6.45, 7) is 4.19. The molecule has 168 valence electrons. The number of hydrogen-bond acceptors (Lipinski definition) is 6. The van der Waals surface area contributed by atoms with Crippen LogP contribution in [0.2, 0.25) is 0 Å². The molecule has 0 unspecified atom stereocenters. The number of ether oxygens (including phenoxy) is 1. The number of amides is 1. The van der Waals surface area contributed by atoms with Crippen molar-refractivity contribution < 1.29 is 17.9 Å². The number of sulfonamides is 1. The van der Waals surface area contributed by atoms with Crippen molar-refractivity contribution in [1.29, 1.82) is 0 Å². The molecule has 0 saturated carbocycles. The topological polar surface area (TPSA) is 96.8 Å². The van der Waals surface area contributed by atoms with Crippen molar-refractivity contribution in [3.8, 4) is 0 Å². The Labute approximate surface area is 183 Å². The third-order valence-corrected chi connectivity index (χ3v) is 7.65. The molecule has 2 saturated heterocycles. The molecule has 9 nitrogen and oxygen atoms in total. The number of carbonyl (C=O) groups excluding carboxylic acids is 1. The van der Waals surface area contributed by atoms with Crippen molar-refractivity contribution in [3.63, 3.8) is 0 Å². The van der Waals surface area contributed by atoms with Gasteiger partial charge in [0, 0.05) is 57.7 Å². The van der Waals surface area contributed by atoms with Crippen molar-refractivity contribution in [2.45, 2.75) is 30.7 Å². The molecule has 31 heavy (non-hydrogen) atoms. The molecule has 1 amide bonds. The van der Waals surface area contributed by atoms with Gasteiger partial charge in [-0.25, -0.2) is 13.4 Å². The van der Waals surface area contributed by atoms with Crippen molar-refractivity contribution in [1.82, 2.24) is 19.2 Å². The number of aryl methyl sites for hydroxylation is 1. The molecule has 0 atom stereocenters. The molecule has 2 aromatic rings. The summed E-state index contributed by atoms with van der Waals surface area (Å²) >= 11 is 0. The molecule has 0 aromatic carbocycles. The summed E-state index contributed by atoms with van der Waals surface area (Å²) in [5.41, 5.74) is 1.22. The molecule has 2 aromatic heterocycles. The van der Waals surface area contributed by atoms with Gasteiger partial charge < -0.3 is 19.5 Å². The lowest BCUT2D eigenvalue weighted by molar-refractivity contribution is 0.0942. The van der Waals surface area contributed by atoms with Gasteiger partial charge in [-0.15, -0.1) is 0 Å². The predicted octanol–water partition coefficient (Wildman–Crippen LogP) is 1.36. The summed E-state index contributed by atoms with van der Waals surface area (Å²) in [7, 11) is -1.89. The molecular weight excluding hydrogens is 418 g/mol. The molecule has 0 radical (unpaired) electrons. The van der Waals surface area contributed by atoms with Gasteiger partial charge in [-0.1, -0.05) is 12.5 Å². The van der Waals surface area contributed by atoms with E-state index in [1.165, 1.54) is 16.6 Å². The van der Waals surface area contributed by atoms with E-state index in [1.54, 1.807) is 17.8 Å². The third-order valence-electron chi connectivity index (χ3n) is 5.78. The average Bonchev–Trinajstić information content (AvgIpc) is 3.21. The van der Waals surface area contributed by atoms with Gasteiger partial charge in [-0.05, 0) is 25.0 Å². The Hall–Kier alpha value is -2.43. The fourth-order valence-electron chi connectivity index (χ4n) is 4.05. The largest absolute Gasteiger partial charge is 0.378 e. The fourth-order valence-corrected chi connectivity index (χ4v) is 5.64. The lowest BCUT2D eigenvalue weighted by Gasteiger charge is -2.29. The summed E-state index contributed by atoms with van der Waals surface area (Å²) in [6, 6.07) is 5.25. The first-order chi connectivity index (χ1) is 15.0. The second-order valence-corrected chi connectivity index (χ2v) is 9.84. The Bertz CT molecular complexity index is 1020. The number of nitrogens with one attached hydrogen (secondary N) is 1. The highest BCUT2D eigenvalue weighted by Gasteiger charge is 2.28. The van der Waals surface area contributed by atoms with Gasteiger partial charge in [-0.3, -0.25) is 4.79 Å². The van der Waals surface area contributed by atoms with E-state index in [4.69, 9.17) is 4.74 Å². The van der Waals surface area contributed by atoms with Crippen LogP contribution in [-0.4, -0.2) is 67.6 Å². The molecule has 4 heterocycles. The second-order valence-electron chi connectivity index (χ2n) is 7.90. The number of carbonyl (C=O) groups is 1. The molecule has 4 rings (SSSR count). The zero-order valence-corrected chi connectivity index (χ0v) is 18.6. The summed E-state index contributed by atoms with van der Waals surface area (Å²) in [5.74, 6) is 0.519. The van der Waals surface area contributed by atoms with Crippen LogP contribution in [0.15, 0.2) is 35.5 Å². The van der Waals surface area contributed by atoms with Crippen molar-refractivity contribution in [2.24, 2.45) is 7.05 Å². The molecular formula is C21H29N5O4S. The Morgan fingerprint density at radius 1 is 1.16 bits per heavy atom. The Morgan fingerprint density at radius 3 is 2.65 bits per heavy atom. The summed E-state index contributed by atoms with van der Waals surface area (Å²) < 4.78 is 34.4. The molecule has 0 spiro atoms. The molecule has 2 aliphatic rings. The SMILES string of the molecule is Cn1cc(S(=O)(=O)N2CCCCC2)cc1C(=O)NCc1cccnc1N1CCOCC1. The number of anilines is 1. The van der Waals surface area contributed by atoms with Gasteiger partial charge in [0.15, 0.2) is 0 Å². The predicted molar refractivity (Wildman–Crippen MR) is 116 cm³/mol. The molecule has 10 heteroatoms. The standard InChI is InChI=1S/C21H29N5O4S/c1-24-16-18(31(28,29)26-8-3-2-4-9-26)14-19(24)21(27)23-15-17-6-5-7-22-20(17)25-10-12-30-13-11-25/h5-7,14,16H,2-4,8-13,15H2,1H3,(H,23,27). The van der Waals surface area contributed by atoms with Crippen LogP contribution in [0, 0.1) is 0 Å². The van der Waals surface area contributed by atoms with Crippen LogP contribution >= 0.6 is 0 Å². The highest BCUT2D eigenvalue weighted by atomic mass is 32.2. The second kappa shape index (κ2) is 9.37. The molecule has 2 fully saturated rings. The van der Waals surface area contributed by atoms with E-state index in [9.17, 15) is 13.2 Å². The van der Waals surface area contributed by atoms with Crippen LogP contribution in [-0.2, 0) is 28.4 Å². The first kappa shape index (κ1) is 21.8. The van der Waals surface area contributed by atoms with E-state index in [2.05, 4.69) is 15.2 Å².